The van der Waals surface area contributed by atoms with Gasteiger partial charge in [-0.1, -0.05) is 24.3 Å². The third-order valence-corrected chi connectivity index (χ3v) is 10.9. The lowest BCUT2D eigenvalue weighted by Gasteiger charge is -2.23. The van der Waals surface area contributed by atoms with E-state index < -0.39 is 87.3 Å². The Morgan fingerprint density at radius 1 is 0.716 bits per heavy atom. The van der Waals surface area contributed by atoms with Gasteiger partial charge in [0.15, 0.2) is 51.7 Å². The van der Waals surface area contributed by atoms with Crippen LogP contribution in [0, 0.1) is 21.4 Å². The number of aliphatic hydroxyl groups excluding tert-OH is 1. The lowest BCUT2D eigenvalue weighted by Crippen LogP contribution is -2.54. The monoisotopic (exact) mass is 1140 g/mol. The molecule has 0 aliphatic rings. The third-order valence-electron chi connectivity index (χ3n) is 10.9. The highest BCUT2D eigenvalue weighted by molar-refractivity contribution is 6.01. The number of hydrogen-bond donors (Lipinski definition) is 21. The van der Waals surface area contributed by atoms with Gasteiger partial charge in [0.1, 0.15) is 29.3 Å². The van der Waals surface area contributed by atoms with Crippen molar-refractivity contribution < 1.29 is 95.6 Å². The van der Waals surface area contributed by atoms with Crippen LogP contribution in [0.4, 0.5) is 5.69 Å². The molecule has 81 heavy (non-hydrogen) atoms. The molecule has 0 spiro atoms. The number of nitrogens with one attached hydrogen (secondary N) is 3. The largest absolute Gasteiger partial charge is 0.504 e. The number of nitrogens with zero attached hydrogens (tertiary/aromatic N) is 3. The lowest BCUT2D eigenvalue weighted by atomic mass is 9.93. The van der Waals surface area contributed by atoms with Gasteiger partial charge >= 0.3 is 17.6 Å². The Balaban J connectivity index is 0.000000515. The van der Waals surface area contributed by atoms with Crippen LogP contribution in [0.5, 0.6) is 63.2 Å². The molecule has 0 heterocycles. The first-order valence-corrected chi connectivity index (χ1v) is 23.6. The van der Waals surface area contributed by atoms with Crippen molar-refractivity contribution in [1.29, 1.82) is 5.26 Å². The molecule has 0 bridgehead atoms. The Hall–Kier alpha value is -9.87. The summed E-state index contributed by atoms with van der Waals surface area (Å²) >= 11 is 0. The van der Waals surface area contributed by atoms with Gasteiger partial charge in [-0.05, 0) is 117 Å². The number of carboxylic acids is 2. The number of phenols is 11. The highest BCUT2D eigenvalue weighted by Gasteiger charge is 2.32. The van der Waals surface area contributed by atoms with Gasteiger partial charge < -0.3 is 93.6 Å². The van der Waals surface area contributed by atoms with Crippen LogP contribution in [0.3, 0.4) is 0 Å². The van der Waals surface area contributed by atoms with E-state index in [2.05, 4.69) is 16.3 Å². The van der Waals surface area contributed by atoms with Crippen molar-refractivity contribution in [1.82, 2.24) is 21.2 Å². The van der Waals surface area contributed by atoms with E-state index in [4.69, 9.17) is 74.3 Å². The van der Waals surface area contributed by atoms with Gasteiger partial charge in [0.25, 0.3) is 11.8 Å². The maximum atomic E-state index is 12.1. The highest BCUT2D eigenvalue weighted by Crippen LogP contribution is 2.38. The van der Waals surface area contributed by atoms with E-state index in [1.54, 1.807) is 26.0 Å². The summed E-state index contributed by atoms with van der Waals surface area (Å²) in [6.07, 6.45) is 2.05. The quantitative estimate of drug-likeness (QED) is 0.0135. The Bertz CT molecular complexity index is 3030. The normalized spacial score (nSPS) is 12.0. The highest BCUT2D eigenvalue weighted by atomic mass is 16.6. The summed E-state index contributed by atoms with van der Waals surface area (Å²) < 4.78 is 0. The van der Waals surface area contributed by atoms with Crippen LogP contribution in [-0.2, 0) is 45.0 Å². The number of nitro benzene ring substituents is 1. The van der Waals surface area contributed by atoms with Crippen molar-refractivity contribution in [3.8, 4) is 69.3 Å². The van der Waals surface area contributed by atoms with Gasteiger partial charge in [0, 0.05) is 37.7 Å². The number of amides is 2. The fourth-order valence-electron chi connectivity index (χ4n) is 6.20. The van der Waals surface area contributed by atoms with Crippen molar-refractivity contribution in [2.24, 2.45) is 23.0 Å². The second-order valence-corrected chi connectivity index (χ2v) is 17.0. The topological polar surface area (TPSA) is 562 Å². The fraction of sp³-hybridized carbons (Fsp3) is 0.275. The molecular weight excluding hydrogens is 1070 g/mol. The SMILES string of the molecule is CCN(CC)C(=O)/C(C#N)=C/c1cc(O)c(O)c([N+](=O)[O-])c1.C[C@@](Cc1ccc(O)c(O)c1)(NN)C(=O)O.NC(CO)C(=O)NNCc1ccc(O)c(O)c1O.NCCc1ccc(O)c(O)c1.N[C@@H](Cc1ccc(O)c(O)c1)C(=O)O. The van der Waals surface area contributed by atoms with Gasteiger partial charge in [-0.3, -0.25) is 40.6 Å². The van der Waals surface area contributed by atoms with Crippen LogP contribution in [-0.4, -0.2) is 149 Å². The van der Waals surface area contributed by atoms with E-state index in [9.17, 15) is 54.8 Å². The predicted octanol–water partition coefficient (Wildman–Crippen LogP) is 0.623. The average Bonchev–Trinajstić information content (AvgIpc) is 3.45. The number of rotatable bonds is 19. The number of aliphatic carboxylic acids is 2. The molecule has 30 nitrogen and oxygen atoms in total. The smallest absolute Gasteiger partial charge is 0.325 e. The van der Waals surface area contributed by atoms with Gasteiger partial charge in [0.05, 0.1) is 11.5 Å². The number of benzene rings is 5. The number of phenolic OH excluding ortho intramolecular Hbond substituents is 11. The number of likely N-dealkylation sites (N-methyl/N-ethyl adjacent to an activating group) is 1. The zero-order valence-corrected chi connectivity index (χ0v) is 43.8. The second-order valence-electron chi connectivity index (χ2n) is 17.0. The van der Waals surface area contributed by atoms with Crippen LogP contribution in [0.2, 0.25) is 0 Å². The molecule has 5 aromatic rings. The van der Waals surface area contributed by atoms with E-state index >= 15 is 0 Å². The summed E-state index contributed by atoms with van der Waals surface area (Å²) in [4.78, 5) is 56.0. The summed E-state index contributed by atoms with van der Waals surface area (Å²) in [6, 6.07) is 17.2. The Morgan fingerprint density at radius 3 is 1.68 bits per heavy atom. The van der Waals surface area contributed by atoms with Crippen LogP contribution < -0.4 is 39.3 Å². The summed E-state index contributed by atoms with van der Waals surface area (Å²) in [7, 11) is 0. The number of hydrogen-bond acceptors (Lipinski definition) is 25. The number of carbonyl (C=O) groups excluding carboxylic acids is 2. The van der Waals surface area contributed by atoms with Gasteiger partial charge in [0.2, 0.25) is 11.5 Å². The number of nitro groups is 1. The number of aromatic hydroxyl groups is 11. The number of aliphatic hydroxyl groups is 1. The molecule has 0 radical (unpaired) electrons. The molecule has 0 saturated carbocycles. The molecule has 0 fully saturated rings. The van der Waals surface area contributed by atoms with Crippen molar-refractivity contribution in [3.05, 3.63) is 122 Å². The molecule has 0 aliphatic heterocycles. The molecule has 30 heteroatoms. The lowest BCUT2D eigenvalue weighted by molar-refractivity contribution is -0.386. The van der Waals surface area contributed by atoms with Crippen molar-refractivity contribution in [2.45, 2.75) is 64.2 Å². The first-order chi connectivity index (χ1) is 37.9. The first-order valence-electron chi connectivity index (χ1n) is 23.6. The van der Waals surface area contributed by atoms with Gasteiger partial charge in [-0.2, -0.15) is 5.26 Å². The van der Waals surface area contributed by atoms with Crippen LogP contribution in [0.15, 0.2) is 84.4 Å². The number of nitrogens with two attached hydrogens (primary N) is 4. The Morgan fingerprint density at radius 2 is 1.22 bits per heavy atom. The minimum Gasteiger partial charge on any atom is -0.504 e. The van der Waals surface area contributed by atoms with Crippen LogP contribution >= 0.6 is 0 Å². The number of carboxylic acid groups (broad SMARTS) is 2. The molecule has 0 aliphatic carbocycles. The van der Waals surface area contributed by atoms with Gasteiger partial charge in [-0.25, -0.2) is 10.9 Å². The van der Waals surface area contributed by atoms with Gasteiger partial charge in [-0.15, -0.1) is 0 Å². The summed E-state index contributed by atoms with van der Waals surface area (Å²) in [5.41, 5.74) is 22.9. The molecular formula is C51H66N10O20. The Labute approximate surface area is 461 Å². The first kappa shape index (κ1) is 69.1. The number of hydrazine groups is 2. The summed E-state index contributed by atoms with van der Waals surface area (Å²) in [5.74, 6) is -2.49. The molecule has 2 amide bonds. The minimum absolute atomic E-state index is 0.00353. The minimum atomic E-state index is -1.32. The second kappa shape index (κ2) is 33.4. The molecule has 5 rings (SSSR count). The fourth-order valence-corrected chi connectivity index (χ4v) is 6.20. The molecule has 1 unspecified atom stereocenters. The van der Waals surface area contributed by atoms with Crippen molar-refractivity contribution >= 4 is 35.5 Å². The van der Waals surface area contributed by atoms with E-state index in [1.165, 1.54) is 72.5 Å². The van der Waals surface area contributed by atoms with E-state index in [0.29, 0.717) is 37.2 Å². The summed E-state index contributed by atoms with van der Waals surface area (Å²) in [5, 5.41) is 147. The molecule has 440 valence electrons. The van der Waals surface area contributed by atoms with Crippen molar-refractivity contribution in [2.75, 3.05) is 26.2 Å². The Kier molecular flexibility index (Phi) is 28.5. The summed E-state index contributed by atoms with van der Waals surface area (Å²) in [6.45, 7) is 5.83. The standard InChI is InChI=1S/C14H15N3O5.C10H15N3O5.C10H14N2O4.C9H11NO4.C8H11NO2/c1-3-16(4-2)14(20)10(8-15)5-9-6-11(17(21)22)13(19)12(18)7-9;11-6(4-14)10(18)13-12-3-5-1-2-7(15)9(17)8(5)16;1-10(12-11,9(15)16)5-6-2-3-7(13)8(14)4-6;10-6(9(13)14)3-5-1-2-7(11)8(12)4-5;9-4-3-6-1-2-7(10)8(11)5-6/h5-7,18-19H,3-4H2,1-2H3;1-2,6,12,14-17H,3-4,11H2,(H,13,18);2-4,12-14H,5,11H2,1H3,(H,15,16);1-2,4,6,11-12H,3,10H2,(H,13,14);1-2,5,10-11H,3-4,9H2/b10-5+;;;;/t;;10-;6-;/m..00./s1. The van der Waals surface area contributed by atoms with Crippen LogP contribution in [0.25, 0.3) is 6.08 Å². The zero-order chi connectivity index (χ0) is 61.9. The van der Waals surface area contributed by atoms with E-state index in [0.717, 1.165) is 23.8 Å². The van der Waals surface area contributed by atoms with Crippen LogP contribution in [0.1, 0.15) is 48.6 Å². The molecule has 0 saturated heterocycles. The molecule has 3 atom stereocenters. The maximum Gasteiger partial charge on any atom is 0.325 e. The molecule has 5 aromatic carbocycles. The number of nitriles is 1. The average molecular weight is 1140 g/mol. The van der Waals surface area contributed by atoms with E-state index in [-0.39, 0.29) is 70.6 Å². The maximum absolute atomic E-state index is 12.1. The zero-order valence-electron chi connectivity index (χ0n) is 43.8. The number of carbonyl (C=O) groups is 4. The molecule has 0 aromatic heterocycles. The predicted molar refractivity (Wildman–Crippen MR) is 288 cm³/mol. The van der Waals surface area contributed by atoms with E-state index in [1.807, 2.05) is 0 Å². The molecule has 25 N–H and O–H groups in total. The van der Waals surface area contributed by atoms with Crippen molar-refractivity contribution in [3.63, 3.8) is 0 Å². The third kappa shape index (κ3) is 22.2.